The number of methoxy groups -OCH3 is 1. The first kappa shape index (κ1) is 18.1. The fourth-order valence-electron chi connectivity index (χ4n) is 3.37. The number of hydrogen-bond donors (Lipinski definition) is 2. The molecule has 0 amide bonds. The Morgan fingerprint density at radius 1 is 1.27 bits per heavy atom. The highest BCUT2D eigenvalue weighted by molar-refractivity contribution is 5.60. The summed E-state index contributed by atoms with van der Waals surface area (Å²) in [5.74, 6) is 0.0984. The first-order valence-corrected chi connectivity index (χ1v) is 8.64. The highest BCUT2D eigenvalue weighted by atomic mass is 19.1. The normalized spacial score (nSPS) is 17.4. The fraction of sp³-hybridized carbons (Fsp3) is 0.471. The minimum Gasteiger partial charge on any atom is -0.494 e. The Labute approximate surface area is 152 Å². The molecule has 2 heterocycles. The molecule has 1 saturated heterocycles. The SMILES string of the molecule is CCN1CCC[C@H]1CN(c1ccc(OC)c(F)c1)c1nc(N)nc(N)n1. The minimum atomic E-state index is -0.455. The van der Waals surface area contributed by atoms with Gasteiger partial charge in [0.05, 0.1) is 7.11 Å². The standard InChI is InChI=1S/C17H24FN7O/c1-3-24-8-4-5-12(24)10-25(17-22-15(19)21-16(20)23-17)11-6-7-14(26-2)13(18)9-11/h6-7,9,12H,3-5,8,10H2,1-2H3,(H4,19,20,21,22,23)/t12-/m0/s1. The number of nitrogens with zero attached hydrogens (tertiary/aromatic N) is 5. The molecular weight excluding hydrogens is 337 g/mol. The Kier molecular flexibility index (Phi) is 5.36. The number of ether oxygens (including phenoxy) is 1. The summed E-state index contributed by atoms with van der Waals surface area (Å²) < 4.78 is 19.3. The number of likely N-dealkylation sites (N-methyl/N-ethyl adjacent to an activating group) is 1. The van der Waals surface area contributed by atoms with Gasteiger partial charge in [-0.25, -0.2) is 4.39 Å². The molecule has 0 bridgehead atoms. The summed E-state index contributed by atoms with van der Waals surface area (Å²) in [5.41, 5.74) is 12.1. The Morgan fingerprint density at radius 3 is 2.62 bits per heavy atom. The Morgan fingerprint density at radius 2 is 2.00 bits per heavy atom. The van der Waals surface area contributed by atoms with Crippen molar-refractivity contribution in [1.29, 1.82) is 0 Å². The van der Waals surface area contributed by atoms with E-state index in [1.165, 1.54) is 13.2 Å². The molecule has 1 aliphatic rings. The summed E-state index contributed by atoms with van der Waals surface area (Å²) in [7, 11) is 1.43. The second kappa shape index (κ2) is 7.69. The van der Waals surface area contributed by atoms with Crippen molar-refractivity contribution in [3.8, 4) is 5.75 Å². The van der Waals surface area contributed by atoms with Crippen molar-refractivity contribution in [2.45, 2.75) is 25.8 Å². The first-order chi connectivity index (χ1) is 12.5. The molecule has 0 spiro atoms. The summed E-state index contributed by atoms with van der Waals surface area (Å²) >= 11 is 0. The van der Waals surface area contributed by atoms with Crippen LogP contribution < -0.4 is 21.1 Å². The maximum absolute atomic E-state index is 14.3. The van der Waals surface area contributed by atoms with E-state index in [0.717, 1.165) is 25.9 Å². The monoisotopic (exact) mass is 361 g/mol. The summed E-state index contributed by atoms with van der Waals surface area (Å²) in [6.07, 6.45) is 2.18. The lowest BCUT2D eigenvalue weighted by atomic mass is 10.2. The summed E-state index contributed by atoms with van der Waals surface area (Å²) in [6.45, 7) is 4.74. The predicted molar refractivity (Wildman–Crippen MR) is 98.9 cm³/mol. The summed E-state index contributed by atoms with van der Waals surface area (Å²) in [4.78, 5) is 16.4. The first-order valence-electron chi connectivity index (χ1n) is 8.64. The number of anilines is 4. The molecule has 0 unspecified atom stereocenters. The van der Waals surface area contributed by atoms with Crippen LogP contribution in [0, 0.1) is 5.82 Å². The number of nitrogen functional groups attached to an aromatic ring is 2. The van der Waals surface area contributed by atoms with Gasteiger partial charge in [-0.05, 0) is 38.1 Å². The number of hydrogen-bond acceptors (Lipinski definition) is 8. The van der Waals surface area contributed by atoms with Gasteiger partial charge >= 0.3 is 0 Å². The number of halogens is 1. The molecule has 0 radical (unpaired) electrons. The number of rotatable bonds is 6. The molecule has 4 N–H and O–H groups in total. The molecule has 0 aliphatic carbocycles. The number of benzene rings is 1. The van der Waals surface area contributed by atoms with E-state index in [2.05, 4.69) is 26.8 Å². The Balaban J connectivity index is 1.99. The van der Waals surface area contributed by atoms with Gasteiger partial charge < -0.3 is 21.1 Å². The van der Waals surface area contributed by atoms with E-state index >= 15 is 0 Å². The molecule has 26 heavy (non-hydrogen) atoms. The third kappa shape index (κ3) is 3.77. The quantitative estimate of drug-likeness (QED) is 0.802. The van der Waals surface area contributed by atoms with E-state index in [9.17, 15) is 4.39 Å². The summed E-state index contributed by atoms with van der Waals surface area (Å²) in [6, 6.07) is 5.06. The van der Waals surface area contributed by atoms with Crippen LogP contribution in [0.25, 0.3) is 0 Å². The highest BCUT2D eigenvalue weighted by Gasteiger charge is 2.27. The van der Waals surface area contributed by atoms with Crippen LogP contribution in [-0.4, -0.2) is 52.6 Å². The zero-order valence-corrected chi connectivity index (χ0v) is 15.0. The van der Waals surface area contributed by atoms with Crippen molar-refractivity contribution in [1.82, 2.24) is 19.9 Å². The fourth-order valence-corrected chi connectivity index (χ4v) is 3.37. The molecule has 1 fully saturated rings. The smallest absolute Gasteiger partial charge is 0.236 e. The highest BCUT2D eigenvalue weighted by Crippen LogP contribution is 2.30. The lowest BCUT2D eigenvalue weighted by Crippen LogP contribution is -2.39. The molecule has 0 saturated carbocycles. The maximum atomic E-state index is 14.3. The molecule has 3 rings (SSSR count). The zero-order chi connectivity index (χ0) is 18.7. The van der Waals surface area contributed by atoms with Crippen LogP contribution in [0.5, 0.6) is 5.75 Å². The van der Waals surface area contributed by atoms with Crippen molar-refractivity contribution >= 4 is 23.5 Å². The van der Waals surface area contributed by atoms with Gasteiger partial charge in [0.25, 0.3) is 0 Å². The topological polar surface area (TPSA) is 106 Å². The third-order valence-corrected chi connectivity index (χ3v) is 4.65. The Bertz CT molecular complexity index is 753. The van der Waals surface area contributed by atoms with Gasteiger partial charge in [-0.1, -0.05) is 6.92 Å². The molecule has 1 atom stereocenters. The van der Waals surface area contributed by atoms with Crippen LogP contribution in [0.15, 0.2) is 18.2 Å². The van der Waals surface area contributed by atoms with Crippen LogP contribution in [0.4, 0.5) is 27.9 Å². The molecule has 1 aliphatic heterocycles. The van der Waals surface area contributed by atoms with Crippen molar-refractivity contribution in [3.63, 3.8) is 0 Å². The third-order valence-electron chi connectivity index (χ3n) is 4.65. The number of nitrogens with two attached hydrogens (primary N) is 2. The van der Waals surface area contributed by atoms with Crippen LogP contribution in [-0.2, 0) is 0 Å². The zero-order valence-electron chi connectivity index (χ0n) is 15.0. The van der Waals surface area contributed by atoms with Crippen molar-refractivity contribution in [2.24, 2.45) is 0 Å². The van der Waals surface area contributed by atoms with Crippen LogP contribution in [0.2, 0.25) is 0 Å². The van der Waals surface area contributed by atoms with E-state index in [1.54, 1.807) is 12.1 Å². The molecule has 1 aromatic carbocycles. The lowest BCUT2D eigenvalue weighted by molar-refractivity contribution is 0.271. The molecule has 2 aromatic rings. The summed E-state index contributed by atoms with van der Waals surface area (Å²) in [5, 5.41) is 0. The van der Waals surface area contributed by atoms with Crippen molar-refractivity contribution < 1.29 is 9.13 Å². The van der Waals surface area contributed by atoms with Gasteiger partial charge in [0.1, 0.15) is 0 Å². The average Bonchev–Trinajstić information content (AvgIpc) is 3.06. The molecule has 8 nitrogen and oxygen atoms in total. The van der Waals surface area contributed by atoms with Crippen molar-refractivity contribution in [3.05, 3.63) is 24.0 Å². The van der Waals surface area contributed by atoms with E-state index in [1.807, 2.05) is 4.90 Å². The number of likely N-dealkylation sites (tertiary alicyclic amines) is 1. The largest absolute Gasteiger partial charge is 0.494 e. The van der Waals surface area contributed by atoms with Gasteiger partial charge in [0, 0.05) is 24.3 Å². The van der Waals surface area contributed by atoms with E-state index in [4.69, 9.17) is 16.2 Å². The second-order valence-corrected chi connectivity index (χ2v) is 6.21. The van der Waals surface area contributed by atoms with Gasteiger partial charge in [0.15, 0.2) is 11.6 Å². The minimum absolute atomic E-state index is 0.0326. The molecule has 9 heteroatoms. The van der Waals surface area contributed by atoms with E-state index < -0.39 is 5.82 Å². The van der Waals surface area contributed by atoms with Crippen LogP contribution >= 0.6 is 0 Å². The van der Waals surface area contributed by atoms with Gasteiger partial charge in [-0.2, -0.15) is 15.0 Å². The van der Waals surface area contributed by atoms with E-state index in [0.29, 0.717) is 24.2 Å². The molecule has 140 valence electrons. The van der Waals surface area contributed by atoms with Gasteiger partial charge in [0.2, 0.25) is 17.8 Å². The second-order valence-electron chi connectivity index (χ2n) is 6.21. The number of aromatic nitrogens is 3. The van der Waals surface area contributed by atoms with E-state index in [-0.39, 0.29) is 17.6 Å². The van der Waals surface area contributed by atoms with Crippen LogP contribution in [0.3, 0.4) is 0 Å². The predicted octanol–water partition coefficient (Wildman–Crippen LogP) is 1.81. The maximum Gasteiger partial charge on any atom is 0.236 e. The Hall–Kier alpha value is -2.68. The lowest BCUT2D eigenvalue weighted by Gasteiger charge is -2.30. The van der Waals surface area contributed by atoms with Crippen molar-refractivity contribution in [2.75, 3.05) is 43.1 Å². The van der Waals surface area contributed by atoms with Crippen LogP contribution in [0.1, 0.15) is 19.8 Å². The van der Waals surface area contributed by atoms with Gasteiger partial charge in [-0.3, -0.25) is 4.90 Å². The average molecular weight is 361 g/mol. The molecule has 1 aromatic heterocycles. The van der Waals surface area contributed by atoms with Gasteiger partial charge in [-0.15, -0.1) is 0 Å². The molecular formula is C17H24FN7O.